The lowest BCUT2D eigenvalue weighted by Crippen LogP contribution is -2.54. The Hall–Kier alpha value is -1.59. The van der Waals surface area contributed by atoms with Gasteiger partial charge in [-0.05, 0) is 18.3 Å². The SMILES string of the molecule is CC(=O)N[C@@H](CC(C)C)C(=O)N[C@H](C(N)=O)C(C)C. The standard InChI is InChI=1S/C13H25N3O3/c1-7(2)6-10(15-9(5)17)13(19)16-11(8(3)4)12(14)18/h7-8,10-11H,6H2,1-5H3,(H2,14,18)(H,15,17)(H,16,19)/t10-,11-/m0/s1. The average molecular weight is 271 g/mol. The van der Waals surface area contributed by atoms with Crippen LogP contribution in [0.2, 0.25) is 0 Å². The lowest BCUT2D eigenvalue weighted by Gasteiger charge is -2.24. The van der Waals surface area contributed by atoms with E-state index in [2.05, 4.69) is 10.6 Å². The van der Waals surface area contributed by atoms with Crippen molar-refractivity contribution in [1.82, 2.24) is 10.6 Å². The number of carbonyl (C=O) groups is 3. The Kier molecular flexibility index (Phi) is 7.11. The third kappa shape index (κ3) is 6.79. The summed E-state index contributed by atoms with van der Waals surface area (Å²) in [6.07, 6.45) is 0.509. The fourth-order valence-electron chi connectivity index (χ4n) is 1.77. The zero-order chi connectivity index (χ0) is 15.2. The van der Waals surface area contributed by atoms with Gasteiger partial charge in [0.25, 0.3) is 0 Å². The first-order chi connectivity index (χ1) is 8.65. The van der Waals surface area contributed by atoms with Crippen LogP contribution in [0.15, 0.2) is 0 Å². The van der Waals surface area contributed by atoms with E-state index >= 15 is 0 Å². The van der Waals surface area contributed by atoms with Crippen LogP contribution < -0.4 is 16.4 Å². The van der Waals surface area contributed by atoms with E-state index in [9.17, 15) is 14.4 Å². The van der Waals surface area contributed by atoms with E-state index in [1.54, 1.807) is 13.8 Å². The van der Waals surface area contributed by atoms with Crippen LogP contribution in [0.4, 0.5) is 0 Å². The zero-order valence-electron chi connectivity index (χ0n) is 12.3. The van der Waals surface area contributed by atoms with Gasteiger partial charge in [-0.25, -0.2) is 0 Å². The summed E-state index contributed by atoms with van der Waals surface area (Å²) in [5.41, 5.74) is 5.25. The van der Waals surface area contributed by atoms with Gasteiger partial charge in [0.1, 0.15) is 12.1 Å². The van der Waals surface area contributed by atoms with Gasteiger partial charge in [0.05, 0.1) is 0 Å². The maximum absolute atomic E-state index is 12.1. The Bertz CT molecular complexity index is 340. The predicted molar refractivity (Wildman–Crippen MR) is 73.0 cm³/mol. The van der Waals surface area contributed by atoms with Crippen LogP contribution in [0.1, 0.15) is 41.0 Å². The summed E-state index contributed by atoms with van der Waals surface area (Å²) in [6, 6.07) is -1.37. The van der Waals surface area contributed by atoms with Crippen molar-refractivity contribution in [3.8, 4) is 0 Å². The summed E-state index contributed by atoms with van der Waals surface area (Å²) in [7, 11) is 0. The van der Waals surface area contributed by atoms with E-state index in [0.717, 1.165) is 0 Å². The third-order valence-corrected chi connectivity index (χ3v) is 2.67. The van der Waals surface area contributed by atoms with Gasteiger partial charge in [0.15, 0.2) is 0 Å². The van der Waals surface area contributed by atoms with E-state index in [1.807, 2.05) is 13.8 Å². The number of hydrogen-bond acceptors (Lipinski definition) is 3. The van der Waals surface area contributed by atoms with Crippen LogP contribution in [0, 0.1) is 11.8 Å². The first kappa shape index (κ1) is 17.4. The van der Waals surface area contributed by atoms with Crippen molar-refractivity contribution >= 4 is 17.7 Å². The first-order valence-corrected chi connectivity index (χ1v) is 6.51. The summed E-state index contributed by atoms with van der Waals surface area (Å²) in [5.74, 6) is -1.08. The maximum atomic E-state index is 12.1. The smallest absolute Gasteiger partial charge is 0.243 e. The van der Waals surface area contributed by atoms with Gasteiger partial charge in [-0.1, -0.05) is 27.7 Å². The number of amides is 3. The van der Waals surface area contributed by atoms with E-state index in [4.69, 9.17) is 5.73 Å². The van der Waals surface area contributed by atoms with E-state index < -0.39 is 18.0 Å². The minimum atomic E-state index is -0.726. The number of carbonyl (C=O) groups excluding carboxylic acids is 3. The Morgan fingerprint density at radius 1 is 1.05 bits per heavy atom. The number of nitrogens with two attached hydrogens (primary N) is 1. The Balaban J connectivity index is 4.78. The van der Waals surface area contributed by atoms with Crippen molar-refractivity contribution in [2.24, 2.45) is 17.6 Å². The van der Waals surface area contributed by atoms with Gasteiger partial charge >= 0.3 is 0 Å². The summed E-state index contributed by atoms with van der Waals surface area (Å²) < 4.78 is 0. The van der Waals surface area contributed by atoms with Crippen LogP contribution in [0.25, 0.3) is 0 Å². The van der Waals surface area contributed by atoms with Gasteiger partial charge in [-0.2, -0.15) is 0 Å². The van der Waals surface area contributed by atoms with E-state index in [1.165, 1.54) is 6.92 Å². The molecule has 6 heteroatoms. The Morgan fingerprint density at radius 3 is 1.89 bits per heavy atom. The van der Waals surface area contributed by atoms with Crippen LogP contribution >= 0.6 is 0 Å². The molecule has 0 aromatic heterocycles. The molecule has 0 unspecified atom stereocenters. The van der Waals surface area contributed by atoms with Gasteiger partial charge < -0.3 is 16.4 Å². The second-order valence-corrected chi connectivity index (χ2v) is 5.52. The molecule has 0 aliphatic heterocycles. The molecule has 6 nitrogen and oxygen atoms in total. The number of rotatable bonds is 7. The van der Waals surface area contributed by atoms with Crippen LogP contribution in [-0.4, -0.2) is 29.8 Å². The molecule has 110 valence electrons. The fraction of sp³-hybridized carbons (Fsp3) is 0.769. The van der Waals surface area contributed by atoms with Crippen molar-refractivity contribution < 1.29 is 14.4 Å². The molecule has 0 aromatic rings. The minimum absolute atomic E-state index is 0.0986. The van der Waals surface area contributed by atoms with Crippen molar-refractivity contribution in [3.05, 3.63) is 0 Å². The van der Waals surface area contributed by atoms with E-state index in [-0.39, 0.29) is 23.7 Å². The van der Waals surface area contributed by atoms with E-state index in [0.29, 0.717) is 6.42 Å². The topological polar surface area (TPSA) is 101 Å². The molecule has 0 saturated heterocycles. The normalized spacial score (nSPS) is 14.1. The minimum Gasteiger partial charge on any atom is -0.368 e. The molecule has 0 radical (unpaired) electrons. The fourth-order valence-corrected chi connectivity index (χ4v) is 1.77. The van der Waals surface area contributed by atoms with Crippen LogP contribution in [-0.2, 0) is 14.4 Å². The van der Waals surface area contributed by atoms with Gasteiger partial charge in [0, 0.05) is 6.92 Å². The molecule has 4 N–H and O–H groups in total. The molecule has 0 rings (SSSR count). The molecule has 0 saturated carbocycles. The lowest BCUT2D eigenvalue weighted by molar-refractivity contribution is -0.131. The van der Waals surface area contributed by atoms with Crippen LogP contribution in [0.5, 0.6) is 0 Å². The molecular formula is C13H25N3O3. The molecule has 3 amide bonds. The molecule has 0 heterocycles. The van der Waals surface area contributed by atoms with Gasteiger partial charge in [-0.3, -0.25) is 14.4 Å². The van der Waals surface area contributed by atoms with Crippen molar-refractivity contribution in [3.63, 3.8) is 0 Å². The molecule has 2 atom stereocenters. The highest BCUT2D eigenvalue weighted by molar-refractivity contribution is 5.91. The second-order valence-electron chi connectivity index (χ2n) is 5.52. The molecule has 0 spiro atoms. The maximum Gasteiger partial charge on any atom is 0.243 e. The number of hydrogen-bond donors (Lipinski definition) is 3. The summed E-state index contributed by atoms with van der Waals surface area (Å²) in [6.45, 7) is 8.86. The molecule has 0 aliphatic rings. The summed E-state index contributed by atoms with van der Waals surface area (Å²) >= 11 is 0. The highest BCUT2D eigenvalue weighted by Crippen LogP contribution is 2.07. The lowest BCUT2D eigenvalue weighted by atomic mass is 10.00. The second kappa shape index (κ2) is 7.76. The highest BCUT2D eigenvalue weighted by atomic mass is 16.2. The van der Waals surface area contributed by atoms with Crippen molar-refractivity contribution in [2.45, 2.75) is 53.1 Å². The number of primary amides is 1. The first-order valence-electron chi connectivity index (χ1n) is 6.51. The number of nitrogens with one attached hydrogen (secondary N) is 2. The quantitative estimate of drug-likeness (QED) is 0.615. The average Bonchev–Trinajstić information content (AvgIpc) is 2.22. The molecule has 0 aromatic carbocycles. The molecule has 0 aliphatic carbocycles. The van der Waals surface area contributed by atoms with Gasteiger partial charge in [-0.15, -0.1) is 0 Å². The van der Waals surface area contributed by atoms with Crippen molar-refractivity contribution in [2.75, 3.05) is 0 Å². The Morgan fingerprint density at radius 2 is 1.58 bits per heavy atom. The largest absolute Gasteiger partial charge is 0.368 e. The molecule has 19 heavy (non-hydrogen) atoms. The van der Waals surface area contributed by atoms with Gasteiger partial charge in [0.2, 0.25) is 17.7 Å². The molecule has 0 fully saturated rings. The Labute approximate surface area is 114 Å². The zero-order valence-corrected chi connectivity index (χ0v) is 12.3. The highest BCUT2D eigenvalue weighted by Gasteiger charge is 2.27. The summed E-state index contributed by atoms with van der Waals surface area (Å²) in [5, 5.41) is 5.19. The monoisotopic (exact) mass is 271 g/mol. The predicted octanol–water partition coefficient (Wildman–Crippen LogP) is 0.163. The summed E-state index contributed by atoms with van der Waals surface area (Å²) in [4.78, 5) is 34.5. The van der Waals surface area contributed by atoms with Crippen molar-refractivity contribution in [1.29, 1.82) is 0 Å². The molecule has 0 bridgehead atoms. The third-order valence-electron chi connectivity index (χ3n) is 2.67. The molecular weight excluding hydrogens is 246 g/mol. The van der Waals surface area contributed by atoms with Crippen LogP contribution in [0.3, 0.4) is 0 Å².